The van der Waals surface area contributed by atoms with E-state index in [0.717, 1.165) is 22.7 Å². The second-order valence-electron chi connectivity index (χ2n) is 4.75. The van der Waals surface area contributed by atoms with Crippen molar-refractivity contribution in [3.8, 4) is 0 Å². The summed E-state index contributed by atoms with van der Waals surface area (Å²) in [4.78, 5) is 16.3. The van der Waals surface area contributed by atoms with Gasteiger partial charge in [0, 0.05) is 16.3 Å². The maximum Gasteiger partial charge on any atom is 0.229 e. The van der Waals surface area contributed by atoms with Crippen molar-refractivity contribution in [2.75, 3.05) is 5.32 Å². The number of amides is 1. The van der Waals surface area contributed by atoms with Gasteiger partial charge in [0.1, 0.15) is 0 Å². The Hall–Kier alpha value is -1.39. The molecular weight excluding hydrogens is 280 g/mol. The van der Waals surface area contributed by atoms with Crippen molar-refractivity contribution in [3.05, 3.63) is 45.9 Å². The summed E-state index contributed by atoms with van der Waals surface area (Å²) in [6, 6.07) is 7.72. The molecule has 1 aliphatic rings. The van der Waals surface area contributed by atoms with Crippen LogP contribution in [0.5, 0.6) is 0 Å². The van der Waals surface area contributed by atoms with E-state index in [0.29, 0.717) is 5.13 Å². The molecular formula is C14H13ClN2OS. The molecule has 1 amide bonds. The van der Waals surface area contributed by atoms with Gasteiger partial charge in [-0.3, -0.25) is 4.79 Å². The first-order valence-corrected chi connectivity index (χ1v) is 7.38. The van der Waals surface area contributed by atoms with Gasteiger partial charge in [0.25, 0.3) is 0 Å². The Kier molecular flexibility index (Phi) is 3.29. The first-order chi connectivity index (χ1) is 9.15. The highest BCUT2D eigenvalue weighted by atomic mass is 35.5. The van der Waals surface area contributed by atoms with Crippen molar-refractivity contribution >= 4 is 34.0 Å². The summed E-state index contributed by atoms with van der Waals surface area (Å²) in [5.74, 6) is 0.304. The van der Waals surface area contributed by atoms with Gasteiger partial charge in [-0.05, 0) is 30.9 Å². The predicted molar refractivity (Wildman–Crippen MR) is 77.8 cm³/mol. The van der Waals surface area contributed by atoms with Crippen LogP contribution in [0.1, 0.15) is 23.6 Å². The number of nitrogens with zero attached hydrogens (tertiary/aromatic N) is 1. The van der Waals surface area contributed by atoms with Crippen molar-refractivity contribution in [3.63, 3.8) is 0 Å². The first kappa shape index (κ1) is 12.6. The topological polar surface area (TPSA) is 42.0 Å². The normalized spacial score (nSPS) is 21.2. The fourth-order valence-electron chi connectivity index (χ4n) is 2.21. The average molecular weight is 293 g/mol. The molecule has 1 N–H and O–H groups in total. The molecule has 1 heterocycles. The summed E-state index contributed by atoms with van der Waals surface area (Å²) >= 11 is 7.60. The van der Waals surface area contributed by atoms with Gasteiger partial charge < -0.3 is 5.32 Å². The third-order valence-electron chi connectivity index (χ3n) is 3.28. The van der Waals surface area contributed by atoms with Crippen LogP contribution in [0.4, 0.5) is 5.13 Å². The van der Waals surface area contributed by atoms with Gasteiger partial charge in [-0.15, -0.1) is 11.3 Å². The van der Waals surface area contributed by atoms with Gasteiger partial charge in [0.05, 0.1) is 5.69 Å². The smallest absolute Gasteiger partial charge is 0.229 e. The number of aromatic nitrogens is 1. The molecule has 2 aromatic rings. The van der Waals surface area contributed by atoms with E-state index >= 15 is 0 Å². The summed E-state index contributed by atoms with van der Waals surface area (Å²) in [6.07, 6.45) is 0.861. The Morgan fingerprint density at radius 1 is 1.47 bits per heavy atom. The standard InChI is InChI=1S/C14H13ClN2OS/c1-8-7-19-14(16-8)17-13(18)11-6-10(11)9-4-2-3-5-12(9)15/h2-5,7,10-11H,6H2,1H3,(H,16,17,18). The number of halogens is 1. The maximum absolute atomic E-state index is 12.1. The molecule has 19 heavy (non-hydrogen) atoms. The third-order valence-corrected chi connectivity index (χ3v) is 4.50. The lowest BCUT2D eigenvalue weighted by Gasteiger charge is -2.03. The Morgan fingerprint density at radius 3 is 2.95 bits per heavy atom. The van der Waals surface area contributed by atoms with Crippen LogP contribution in [0.2, 0.25) is 5.02 Å². The van der Waals surface area contributed by atoms with Crippen molar-refractivity contribution in [2.45, 2.75) is 19.3 Å². The highest BCUT2D eigenvalue weighted by Crippen LogP contribution is 2.50. The molecule has 5 heteroatoms. The Morgan fingerprint density at radius 2 is 2.26 bits per heavy atom. The van der Waals surface area contributed by atoms with Gasteiger partial charge in [0.2, 0.25) is 5.91 Å². The summed E-state index contributed by atoms with van der Waals surface area (Å²) in [7, 11) is 0. The Labute approximate surface area is 120 Å². The van der Waals surface area contributed by atoms with Crippen LogP contribution in [0, 0.1) is 12.8 Å². The van der Waals surface area contributed by atoms with Crippen LogP contribution in [0.3, 0.4) is 0 Å². The van der Waals surface area contributed by atoms with E-state index < -0.39 is 0 Å². The molecule has 1 aromatic heterocycles. The highest BCUT2D eigenvalue weighted by Gasteiger charge is 2.44. The molecule has 1 aliphatic carbocycles. The van der Waals surface area contributed by atoms with Gasteiger partial charge >= 0.3 is 0 Å². The zero-order valence-electron chi connectivity index (χ0n) is 10.4. The van der Waals surface area contributed by atoms with Gasteiger partial charge in [-0.1, -0.05) is 29.8 Å². The SMILES string of the molecule is Cc1csc(NC(=O)C2CC2c2ccccc2Cl)n1. The van der Waals surface area contributed by atoms with E-state index in [1.807, 2.05) is 36.6 Å². The fourth-order valence-corrected chi connectivity index (χ4v) is 3.18. The zero-order chi connectivity index (χ0) is 13.4. The minimum absolute atomic E-state index is 0.0177. The monoisotopic (exact) mass is 292 g/mol. The van der Waals surface area contributed by atoms with Gasteiger partial charge in [0.15, 0.2) is 5.13 Å². The van der Waals surface area contributed by atoms with E-state index in [1.54, 1.807) is 0 Å². The molecule has 2 unspecified atom stereocenters. The quantitative estimate of drug-likeness (QED) is 0.934. The maximum atomic E-state index is 12.1. The second-order valence-corrected chi connectivity index (χ2v) is 6.02. The van der Waals surface area contributed by atoms with E-state index in [4.69, 9.17) is 11.6 Å². The van der Waals surface area contributed by atoms with Crippen LogP contribution in [-0.4, -0.2) is 10.9 Å². The number of anilines is 1. The highest BCUT2D eigenvalue weighted by molar-refractivity contribution is 7.13. The number of nitrogens with one attached hydrogen (secondary N) is 1. The van der Waals surface area contributed by atoms with Gasteiger partial charge in [-0.2, -0.15) is 0 Å². The van der Waals surface area contributed by atoms with Crippen molar-refractivity contribution in [1.82, 2.24) is 4.98 Å². The molecule has 0 radical (unpaired) electrons. The number of hydrogen-bond acceptors (Lipinski definition) is 3. The first-order valence-electron chi connectivity index (χ1n) is 6.12. The average Bonchev–Trinajstić information content (AvgIpc) is 3.08. The number of aryl methyl sites for hydroxylation is 1. The lowest BCUT2D eigenvalue weighted by molar-refractivity contribution is -0.117. The molecule has 3 rings (SSSR count). The molecule has 3 nitrogen and oxygen atoms in total. The van der Waals surface area contributed by atoms with Crippen LogP contribution in [-0.2, 0) is 4.79 Å². The van der Waals surface area contributed by atoms with E-state index in [2.05, 4.69) is 10.3 Å². The molecule has 0 saturated heterocycles. The molecule has 0 bridgehead atoms. The molecule has 0 spiro atoms. The molecule has 1 saturated carbocycles. The van der Waals surface area contributed by atoms with E-state index in [1.165, 1.54) is 11.3 Å². The number of hydrogen-bond donors (Lipinski definition) is 1. The van der Waals surface area contributed by atoms with E-state index in [9.17, 15) is 4.79 Å². The summed E-state index contributed by atoms with van der Waals surface area (Å²) in [5, 5.41) is 6.21. The number of carbonyl (C=O) groups excluding carboxylic acids is 1. The third kappa shape index (κ3) is 2.65. The Bertz CT molecular complexity index is 625. The van der Waals surface area contributed by atoms with Crippen molar-refractivity contribution in [2.24, 2.45) is 5.92 Å². The largest absolute Gasteiger partial charge is 0.302 e. The van der Waals surface area contributed by atoms with E-state index in [-0.39, 0.29) is 17.7 Å². The summed E-state index contributed by atoms with van der Waals surface area (Å²) in [6.45, 7) is 1.91. The predicted octanol–water partition coefficient (Wildman–Crippen LogP) is 3.85. The second kappa shape index (κ2) is 4.94. The minimum Gasteiger partial charge on any atom is -0.302 e. The number of benzene rings is 1. The molecule has 1 aromatic carbocycles. The Balaban J connectivity index is 1.66. The summed E-state index contributed by atoms with van der Waals surface area (Å²) in [5.41, 5.74) is 2.00. The molecule has 1 fully saturated rings. The number of rotatable bonds is 3. The van der Waals surface area contributed by atoms with Crippen LogP contribution < -0.4 is 5.32 Å². The van der Waals surface area contributed by atoms with Crippen molar-refractivity contribution in [1.29, 1.82) is 0 Å². The molecule has 0 aliphatic heterocycles. The number of thiazole rings is 1. The lowest BCUT2D eigenvalue weighted by Crippen LogP contribution is -2.14. The fraction of sp³-hybridized carbons (Fsp3) is 0.286. The van der Waals surface area contributed by atoms with Crippen LogP contribution >= 0.6 is 22.9 Å². The zero-order valence-corrected chi connectivity index (χ0v) is 12.0. The van der Waals surface area contributed by atoms with Crippen LogP contribution in [0.25, 0.3) is 0 Å². The summed E-state index contributed by atoms with van der Waals surface area (Å²) < 4.78 is 0. The number of carbonyl (C=O) groups is 1. The lowest BCUT2D eigenvalue weighted by atomic mass is 10.1. The van der Waals surface area contributed by atoms with Crippen LogP contribution in [0.15, 0.2) is 29.6 Å². The molecule has 98 valence electrons. The van der Waals surface area contributed by atoms with Gasteiger partial charge in [-0.25, -0.2) is 4.98 Å². The van der Waals surface area contributed by atoms with Crippen molar-refractivity contribution < 1.29 is 4.79 Å². The molecule has 2 atom stereocenters. The minimum atomic E-state index is 0.0177.